The third-order valence-electron chi connectivity index (χ3n) is 3.25. The molecule has 1 aliphatic heterocycles. The topological polar surface area (TPSA) is 39.7 Å². The number of anilines is 1. The van der Waals surface area contributed by atoms with E-state index in [4.69, 9.17) is 14.2 Å². The van der Waals surface area contributed by atoms with Gasteiger partial charge in [0.2, 0.25) is 0 Å². The Balaban J connectivity index is 1.73. The van der Waals surface area contributed by atoms with Crippen molar-refractivity contribution in [3.8, 4) is 17.2 Å². The number of nitrogens with one attached hydrogen (secondary N) is 1. The molecule has 0 saturated carbocycles. The lowest BCUT2D eigenvalue weighted by atomic mass is 10.2. The number of ether oxygens (including phenoxy) is 3. The van der Waals surface area contributed by atoms with Crippen molar-refractivity contribution < 1.29 is 18.6 Å². The molecule has 0 aromatic heterocycles. The summed E-state index contributed by atoms with van der Waals surface area (Å²) in [6, 6.07) is 10.2. The molecular weight excluding hydrogens is 273 g/mol. The average Bonchev–Trinajstić information content (AvgIpc) is 2.53. The molecule has 21 heavy (non-hydrogen) atoms. The van der Waals surface area contributed by atoms with Gasteiger partial charge in [-0.3, -0.25) is 0 Å². The van der Waals surface area contributed by atoms with Crippen molar-refractivity contribution in [1.82, 2.24) is 0 Å². The largest absolute Gasteiger partial charge is 0.494 e. The summed E-state index contributed by atoms with van der Waals surface area (Å²) >= 11 is 0. The third kappa shape index (κ3) is 3.02. The fourth-order valence-corrected chi connectivity index (χ4v) is 2.21. The van der Waals surface area contributed by atoms with Crippen LogP contribution in [0.4, 0.5) is 10.1 Å². The molecule has 2 aromatic rings. The van der Waals surface area contributed by atoms with Crippen molar-refractivity contribution in [3.05, 3.63) is 47.8 Å². The molecule has 0 spiro atoms. The van der Waals surface area contributed by atoms with Gasteiger partial charge in [-0.1, -0.05) is 6.07 Å². The number of hydrogen-bond donors (Lipinski definition) is 1. The van der Waals surface area contributed by atoms with Gasteiger partial charge in [-0.05, 0) is 29.8 Å². The molecule has 0 amide bonds. The Morgan fingerprint density at radius 2 is 1.90 bits per heavy atom. The van der Waals surface area contributed by atoms with Gasteiger partial charge in [0.15, 0.2) is 11.5 Å². The molecule has 3 rings (SSSR count). The van der Waals surface area contributed by atoms with E-state index in [9.17, 15) is 4.39 Å². The van der Waals surface area contributed by atoms with E-state index in [1.807, 2.05) is 18.2 Å². The van der Waals surface area contributed by atoms with Crippen LogP contribution in [0, 0.1) is 5.82 Å². The number of hydrogen-bond acceptors (Lipinski definition) is 4. The number of benzene rings is 2. The highest BCUT2D eigenvalue weighted by molar-refractivity contribution is 5.57. The molecular formula is C16H16FNO3. The van der Waals surface area contributed by atoms with Crippen LogP contribution in [0.3, 0.4) is 0 Å². The van der Waals surface area contributed by atoms with E-state index in [0.29, 0.717) is 25.5 Å². The van der Waals surface area contributed by atoms with Crippen LogP contribution in [0.15, 0.2) is 36.4 Å². The second kappa shape index (κ2) is 5.91. The highest BCUT2D eigenvalue weighted by Crippen LogP contribution is 2.31. The Kier molecular flexibility index (Phi) is 3.81. The lowest BCUT2D eigenvalue weighted by Crippen LogP contribution is -2.15. The summed E-state index contributed by atoms with van der Waals surface area (Å²) in [7, 11) is 1.52. The first kappa shape index (κ1) is 13.5. The SMILES string of the molecule is COc1cc(F)ccc1NCc1ccc2c(c1)OCCO2. The molecule has 0 unspecified atom stereocenters. The van der Waals surface area contributed by atoms with Crippen molar-refractivity contribution >= 4 is 5.69 Å². The van der Waals surface area contributed by atoms with E-state index in [1.165, 1.54) is 19.2 Å². The summed E-state index contributed by atoms with van der Waals surface area (Å²) in [6.45, 7) is 1.73. The van der Waals surface area contributed by atoms with Gasteiger partial charge in [-0.25, -0.2) is 4.39 Å². The second-order valence-corrected chi connectivity index (χ2v) is 4.68. The fourth-order valence-electron chi connectivity index (χ4n) is 2.21. The fraction of sp³-hybridized carbons (Fsp3) is 0.250. The van der Waals surface area contributed by atoms with Crippen LogP contribution in [-0.2, 0) is 6.54 Å². The van der Waals surface area contributed by atoms with Gasteiger partial charge >= 0.3 is 0 Å². The summed E-state index contributed by atoms with van der Waals surface area (Å²) in [6.07, 6.45) is 0. The molecule has 2 aromatic carbocycles. The van der Waals surface area contributed by atoms with Crippen molar-refractivity contribution in [2.24, 2.45) is 0 Å². The highest BCUT2D eigenvalue weighted by atomic mass is 19.1. The van der Waals surface area contributed by atoms with Gasteiger partial charge in [-0.2, -0.15) is 0 Å². The monoisotopic (exact) mass is 289 g/mol. The lowest BCUT2D eigenvalue weighted by molar-refractivity contribution is 0.171. The van der Waals surface area contributed by atoms with Crippen LogP contribution in [0.5, 0.6) is 17.2 Å². The van der Waals surface area contributed by atoms with E-state index in [2.05, 4.69) is 5.32 Å². The predicted molar refractivity (Wildman–Crippen MR) is 77.7 cm³/mol. The van der Waals surface area contributed by atoms with Crippen LogP contribution in [0.2, 0.25) is 0 Å². The Morgan fingerprint density at radius 3 is 2.71 bits per heavy atom. The second-order valence-electron chi connectivity index (χ2n) is 4.68. The number of halogens is 1. The Morgan fingerprint density at radius 1 is 1.10 bits per heavy atom. The molecule has 1 aliphatic rings. The first-order valence-corrected chi connectivity index (χ1v) is 6.72. The van der Waals surface area contributed by atoms with Crippen LogP contribution in [-0.4, -0.2) is 20.3 Å². The van der Waals surface area contributed by atoms with Gasteiger partial charge in [-0.15, -0.1) is 0 Å². The maximum atomic E-state index is 13.1. The molecule has 4 nitrogen and oxygen atoms in total. The minimum Gasteiger partial charge on any atom is -0.494 e. The number of fused-ring (bicyclic) bond motifs is 1. The maximum absolute atomic E-state index is 13.1. The van der Waals surface area contributed by atoms with Gasteiger partial charge in [0.25, 0.3) is 0 Å². The summed E-state index contributed by atoms with van der Waals surface area (Å²) in [5.41, 5.74) is 1.79. The van der Waals surface area contributed by atoms with Crippen LogP contribution in [0.25, 0.3) is 0 Å². The van der Waals surface area contributed by atoms with E-state index in [0.717, 1.165) is 22.7 Å². The lowest BCUT2D eigenvalue weighted by Gasteiger charge is -2.19. The van der Waals surface area contributed by atoms with Gasteiger partial charge in [0, 0.05) is 12.6 Å². The van der Waals surface area contributed by atoms with Gasteiger partial charge in [0.05, 0.1) is 12.8 Å². The number of rotatable bonds is 4. The van der Waals surface area contributed by atoms with E-state index < -0.39 is 0 Å². The minimum atomic E-state index is -0.322. The van der Waals surface area contributed by atoms with Crippen molar-refractivity contribution in [3.63, 3.8) is 0 Å². The summed E-state index contributed by atoms with van der Waals surface area (Å²) in [4.78, 5) is 0. The Bertz CT molecular complexity index is 645. The quantitative estimate of drug-likeness (QED) is 0.938. The van der Waals surface area contributed by atoms with Crippen molar-refractivity contribution in [2.45, 2.75) is 6.54 Å². The molecule has 1 heterocycles. The predicted octanol–water partition coefficient (Wildman–Crippen LogP) is 3.22. The zero-order chi connectivity index (χ0) is 14.7. The molecule has 110 valence electrons. The van der Waals surface area contributed by atoms with Crippen LogP contribution < -0.4 is 19.5 Å². The van der Waals surface area contributed by atoms with Crippen molar-refractivity contribution in [1.29, 1.82) is 0 Å². The van der Waals surface area contributed by atoms with Gasteiger partial charge < -0.3 is 19.5 Å². The van der Waals surface area contributed by atoms with Crippen LogP contribution >= 0.6 is 0 Å². The summed E-state index contributed by atoms with van der Waals surface area (Å²) < 4.78 is 29.3. The normalized spacial score (nSPS) is 12.9. The molecule has 0 saturated heterocycles. The van der Waals surface area contributed by atoms with E-state index in [-0.39, 0.29) is 5.82 Å². The zero-order valence-electron chi connectivity index (χ0n) is 11.7. The first-order valence-electron chi connectivity index (χ1n) is 6.72. The van der Waals surface area contributed by atoms with Gasteiger partial charge in [0.1, 0.15) is 24.8 Å². The molecule has 0 radical (unpaired) electrons. The zero-order valence-corrected chi connectivity index (χ0v) is 11.7. The summed E-state index contributed by atoms with van der Waals surface area (Å²) in [5.74, 6) is 1.68. The maximum Gasteiger partial charge on any atom is 0.161 e. The standard InChI is InChI=1S/C16H16FNO3/c1-19-15-9-12(17)3-4-13(15)18-10-11-2-5-14-16(8-11)21-7-6-20-14/h2-5,8-9,18H,6-7,10H2,1H3. The Hall–Kier alpha value is -2.43. The smallest absolute Gasteiger partial charge is 0.161 e. The van der Waals surface area contributed by atoms with E-state index in [1.54, 1.807) is 6.07 Å². The number of methoxy groups -OCH3 is 1. The molecule has 0 fully saturated rings. The summed E-state index contributed by atoms with van der Waals surface area (Å²) in [5, 5.41) is 3.23. The molecule has 0 atom stereocenters. The molecule has 5 heteroatoms. The van der Waals surface area contributed by atoms with E-state index >= 15 is 0 Å². The Labute approximate surface area is 122 Å². The first-order chi connectivity index (χ1) is 10.3. The highest BCUT2D eigenvalue weighted by Gasteiger charge is 2.12. The third-order valence-corrected chi connectivity index (χ3v) is 3.25. The molecule has 1 N–H and O–H groups in total. The van der Waals surface area contributed by atoms with Crippen molar-refractivity contribution in [2.75, 3.05) is 25.6 Å². The van der Waals surface area contributed by atoms with Crippen LogP contribution in [0.1, 0.15) is 5.56 Å². The molecule has 0 bridgehead atoms. The minimum absolute atomic E-state index is 0.322. The molecule has 0 aliphatic carbocycles. The average molecular weight is 289 g/mol.